The maximum atomic E-state index is 13.3. The Morgan fingerprint density at radius 1 is 1.30 bits per heavy atom. The van der Waals surface area contributed by atoms with Crippen LogP contribution in [0.1, 0.15) is 42.9 Å². The molecule has 3 rings (SSSR count). The Morgan fingerprint density at radius 2 is 2.05 bits per heavy atom. The monoisotopic (exact) mass is 282 g/mol. The summed E-state index contributed by atoms with van der Waals surface area (Å²) in [5.41, 5.74) is 5.08. The summed E-state index contributed by atoms with van der Waals surface area (Å²) in [7, 11) is 0. The van der Waals surface area contributed by atoms with Gasteiger partial charge in [-0.25, -0.2) is 8.78 Å². The van der Waals surface area contributed by atoms with Crippen LogP contribution >= 0.6 is 0 Å². The molecule has 20 heavy (non-hydrogen) atoms. The molecule has 0 radical (unpaired) electrons. The zero-order valence-corrected chi connectivity index (χ0v) is 11.4. The Balaban J connectivity index is 1.77. The van der Waals surface area contributed by atoms with Crippen molar-refractivity contribution >= 4 is 0 Å². The topological polar surface area (TPSA) is 47.3 Å². The Bertz CT molecular complexity index is 483. The molecular weight excluding hydrogens is 262 g/mol. The van der Waals surface area contributed by atoms with Gasteiger partial charge in [0.25, 0.3) is 0 Å². The van der Waals surface area contributed by atoms with Gasteiger partial charge in [-0.05, 0) is 36.0 Å². The number of benzene rings is 1. The summed E-state index contributed by atoms with van der Waals surface area (Å²) in [5.74, 6) is 4.28. The normalized spacial score (nSPS) is 23.1. The third kappa shape index (κ3) is 2.65. The van der Waals surface area contributed by atoms with E-state index in [1.165, 1.54) is 5.56 Å². The summed E-state index contributed by atoms with van der Waals surface area (Å²) < 4.78 is 32.0. The number of ether oxygens (including phenoxy) is 1. The van der Waals surface area contributed by atoms with Crippen LogP contribution in [0, 0.1) is 5.92 Å². The number of fused-ring (bicyclic) bond motifs is 1. The van der Waals surface area contributed by atoms with E-state index in [0.29, 0.717) is 12.8 Å². The van der Waals surface area contributed by atoms with E-state index in [1.54, 1.807) is 0 Å². The first-order valence-electron chi connectivity index (χ1n) is 7.19. The zero-order valence-electron chi connectivity index (χ0n) is 11.4. The molecule has 0 aromatic heterocycles. The number of hydrogen-bond acceptors (Lipinski definition) is 3. The molecular formula is C15H20F2N2O. The van der Waals surface area contributed by atoms with Crippen molar-refractivity contribution in [2.45, 2.75) is 44.1 Å². The fraction of sp³-hybridized carbons (Fsp3) is 0.600. The molecule has 1 saturated carbocycles. The smallest absolute Gasteiger partial charge is 0.248 e. The van der Waals surface area contributed by atoms with Gasteiger partial charge in [0.15, 0.2) is 0 Å². The Hall–Kier alpha value is -1.20. The highest BCUT2D eigenvalue weighted by Gasteiger charge is 2.37. The van der Waals surface area contributed by atoms with E-state index in [0.717, 1.165) is 24.3 Å². The molecule has 110 valence electrons. The maximum Gasteiger partial charge on any atom is 0.248 e. The Kier molecular flexibility index (Phi) is 3.65. The molecule has 3 nitrogen and oxygen atoms in total. The average molecular weight is 282 g/mol. The standard InChI is InChI=1S/C15H20F2N2O/c16-15(17)6-3-10(4-7-15)14(19-18)12-1-2-13-11(9-12)5-8-20-13/h1-2,9-10,14,19H,3-8,18H2. The van der Waals surface area contributed by atoms with Gasteiger partial charge in [-0.1, -0.05) is 12.1 Å². The largest absolute Gasteiger partial charge is 0.493 e. The summed E-state index contributed by atoms with van der Waals surface area (Å²) in [6.45, 7) is 0.717. The van der Waals surface area contributed by atoms with Crippen molar-refractivity contribution in [3.63, 3.8) is 0 Å². The second kappa shape index (κ2) is 5.30. The van der Waals surface area contributed by atoms with E-state index in [9.17, 15) is 8.78 Å². The van der Waals surface area contributed by atoms with Gasteiger partial charge in [0.2, 0.25) is 5.92 Å². The van der Waals surface area contributed by atoms with Crippen LogP contribution < -0.4 is 16.0 Å². The quantitative estimate of drug-likeness (QED) is 0.662. The number of nitrogens with two attached hydrogens (primary N) is 1. The third-order valence-corrected chi connectivity index (χ3v) is 4.49. The van der Waals surface area contributed by atoms with Crippen LogP contribution in [0.5, 0.6) is 5.75 Å². The summed E-state index contributed by atoms with van der Waals surface area (Å²) in [5, 5.41) is 0. The van der Waals surface area contributed by atoms with Gasteiger partial charge in [-0.15, -0.1) is 0 Å². The minimum atomic E-state index is -2.50. The van der Waals surface area contributed by atoms with Crippen LogP contribution in [0.4, 0.5) is 8.78 Å². The summed E-state index contributed by atoms with van der Waals surface area (Å²) >= 11 is 0. The molecule has 1 aromatic carbocycles. The number of rotatable bonds is 3. The number of alkyl halides is 2. The van der Waals surface area contributed by atoms with Gasteiger partial charge >= 0.3 is 0 Å². The number of halogens is 2. The molecule has 0 amide bonds. The fourth-order valence-electron chi connectivity index (χ4n) is 3.30. The Labute approximate surface area is 117 Å². The van der Waals surface area contributed by atoms with Crippen LogP contribution in [-0.2, 0) is 6.42 Å². The van der Waals surface area contributed by atoms with Crippen LogP contribution in [0.2, 0.25) is 0 Å². The van der Waals surface area contributed by atoms with Gasteiger partial charge in [-0.2, -0.15) is 0 Å². The molecule has 1 aromatic rings. The molecule has 2 aliphatic rings. The lowest BCUT2D eigenvalue weighted by Gasteiger charge is -2.33. The summed E-state index contributed by atoms with van der Waals surface area (Å²) in [6.07, 6.45) is 1.85. The number of hydrogen-bond donors (Lipinski definition) is 2. The molecule has 1 aliphatic carbocycles. The molecule has 3 N–H and O–H groups in total. The highest BCUT2D eigenvalue weighted by molar-refractivity contribution is 5.41. The van der Waals surface area contributed by atoms with Gasteiger partial charge in [0.05, 0.1) is 6.61 Å². The molecule has 0 spiro atoms. The van der Waals surface area contributed by atoms with E-state index < -0.39 is 5.92 Å². The minimum absolute atomic E-state index is 0.0378. The van der Waals surface area contributed by atoms with E-state index in [1.807, 2.05) is 12.1 Å². The van der Waals surface area contributed by atoms with Crippen molar-refractivity contribution < 1.29 is 13.5 Å². The molecule has 1 atom stereocenters. The average Bonchev–Trinajstić information content (AvgIpc) is 2.89. The lowest BCUT2D eigenvalue weighted by molar-refractivity contribution is -0.0497. The fourth-order valence-corrected chi connectivity index (χ4v) is 3.30. The SMILES string of the molecule is NNC(c1ccc2c(c1)CCO2)C1CCC(F)(F)CC1. The predicted octanol–water partition coefficient (Wildman–Crippen LogP) is 2.95. The van der Waals surface area contributed by atoms with Gasteiger partial charge in [0.1, 0.15) is 5.75 Å². The van der Waals surface area contributed by atoms with E-state index in [4.69, 9.17) is 10.6 Å². The van der Waals surface area contributed by atoms with Crippen molar-refractivity contribution in [1.29, 1.82) is 0 Å². The first-order valence-corrected chi connectivity index (χ1v) is 7.19. The van der Waals surface area contributed by atoms with Crippen LogP contribution in [0.3, 0.4) is 0 Å². The molecule has 1 heterocycles. The van der Waals surface area contributed by atoms with E-state index >= 15 is 0 Å². The summed E-state index contributed by atoms with van der Waals surface area (Å²) in [6, 6.07) is 5.98. The van der Waals surface area contributed by atoms with Crippen molar-refractivity contribution in [3.05, 3.63) is 29.3 Å². The van der Waals surface area contributed by atoms with Crippen molar-refractivity contribution in [1.82, 2.24) is 5.43 Å². The first kappa shape index (κ1) is 13.8. The second-order valence-electron chi connectivity index (χ2n) is 5.80. The zero-order chi connectivity index (χ0) is 14.2. The van der Waals surface area contributed by atoms with Gasteiger partial charge in [-0.3, -0.25) is 11.3 Å². The molecule has 0 saturated heterocycles. The molecule has 1 aliphatic heterocycles. The van der Waals surface area contributed by atoms with Crippen LogP contribution in [0.15, 0.2) is 18.2 Å². The molecule has 0 bridgehead atoms. The molecule has 5 heteroatoms. The third-order valence-electron chi connectivity index (χ3n) is 4.49. The molecule has 1 fully saturated rings. The van der Waals surface area contributed by atoms with Gasteiger partial charge in [0, 0.05) is 25.3 Å². The van der Waals surface area contributed by atoms with Crippen LogP contribution in [-0.4, -0.2) is 12.5 Å². The predicted molar refractivity (Wildman–Crippen MR) is 72.6 cm³/mol. The summed E-state index contributed by atoms with van der Waals surface area (Å²) in [4.78, 5) is 0. The lowest BCUT2D eigenvalue weighted by Crippen LogP contribution is -2.37. The van der Waals surface area contributed by atoms with E-state index in [2.05, 4.69) is 11.5 Å². The second-order valence-corrected chi connectivity index (χ2v) is 5.80. The van der Waals surface area contributed by atoms with E-state index in [-0.39, 0.29) is 24.8 Å². The minimum Gasteiger partial charge on any atom is -0.493 e. The van der Waals surface area contributed by atoms with Crippen molar-refractivity contribution in [2.24, 2.45) is 11.8 Å². The highest BCUT2D eigenvalue weighted by atomic mass is 19.3. The van der Waals surface area contributed by atoms with Crippen molar-refractivity contribution in [3.8, 4) is 5.75 Å². The first-order chi connectivity index (χ1) is 9.59. The van der Waals surface area contributed by atoms with Gasteiger partial charge < -0.3 is 4.74 Å². The maximum absolute atomic E-state index is 13.3. The number of hydrazine groups is 1. The number of nitrogens with one attached hydrogen (secondary N) is 1. The Morgan fingerprint density at radius 3 is 2.75 bits per heavy atom. The lowest BCUT2D eigenvalue weighted by atomic mass is 9.79. The molecule has 1 unspecified atom stereocenters. The van der Waals surface area contributed by atoms with Crippen molar-refractivity contribution in [2.75, 3.05) is 6.61 Å². The highest BCUT2D eigenvalue weighted by Crippen LogP contribution is 2.41. The van der Waals surface area contributed by atoms with Crippen LogP contribution in [0.25, 0.3) is 0 Å².